The lowest BCUT2D eigenvalue weighted by molar-refractivity contribution is 0.0470. The highest BCUT2D eigenvalue weighted by Gasteiger charge is 2.14. The van der Waals surface area contributed by atoms with E-state index in [1.165, 1.54) is 11.1 Å². The average Bonchev–Trinajstić information content (AvgIpc) is 2.55. The SMILES string of the molecule is CN(CCOC(=O)c1ccc(C(C)(C)C)cc1)Cc1ccccc1. The van der Waals surface area contributed by atoms with Crippen LogP contribution in [-0.4, -0.2) is 31.1 Å². The smallest absolute Gasteiger partial charge is 0.338 e. The predicted molar refractivity (Wildman–Crippen MR) is 98.2 cm³/mol. The van der Waals surface area contributed by atoms with Crippen LogP contribution in [0.15, 0.2) is 54.6 Å². The number of benzene rings is 2. The molecule has 2 aromatic rings. The van der Waals surface area contributed by atoms with Crippen LogP contribution in [0.1, 0.15) is 42.3 Å². The molecular weight excluding hydrogens is 298 g/mol. The molecule has 128 valence electrons. The molecule has 0 radical (unpaired) electrons. The lowest BCUT2D eigenvalue weighted by atomic mass is 9.87. The minimum atomic E-state index is -0.261. The van der Waals surface area contributed by atoms with Crippen molar-refractivity contribution in [2.45, 2.75) is 32.7 Å². The second kappa shape index (κ2) is 8.11. The van der Waals surface area contributed by atoms with Crippen molar-refractivity contribution in [3.63, 3.8) is 0 Å². The fraction of sp³-hybridized carbons (Fsp3) is 0.381. The molecule has 0 bridgehead atoms. The molecule has 0 saturated heterocycles. The molecule has 0 heterocycles. The third-order valence-electron chi connectivity index (χ3n) is 3.99. The molecule has 0 aliphatic carbocycles. The van der Waals surface area contributed by atoms with Crippen LogP contribution in [0, 0.1) is 0 Å². The van der Waals surface area contributed by atoms with E-state index in [2.05, 4.69) is 37.8 Å². The van der Waals surface area contributed by atoms with Gasteiger partial charge in [-0.2, -0.15) is 0 Å². The van der Waals surface area contributed by atoms with Crippen molar-refractivity contribution in [1.82, 2.24) is 4.90 Å². The van der Waals surface area contributed by atoms with Crippen LogP contribution in [0.25, 0.3) is 0 Å². The highest BCUT2D eigenvalue weighted by Crippen LogP contribution is 2.22. The minimum absolute atomic E-state index is 0.0859. The van der Waals surface area contributed by atoms with Crippen molar-refractivity contribution in [1.29, 1.82) is 0 Å². The van der Waals surface area contributed by atoms with Gasteiger partial charge in [-0.3, -0.25) is 4.90 Å². The van der Waals surface area contributed by atoms with E-state index in [1.807, 2.05) is 49.5 Å². The van der Waals surface area contributed by atoms with Crippen LogP contribution >= 0.6 is 0 Å². The average molecular weight is 325 g/mol. The van der Waals surface area contributed by atoms with Gasteiger partial charge in [0.15, 0.2) is 0 Å². The van der Waals surface area contributed by atoms with Gasteiger partial charge < -0.3 is 4.74 Å². The third-order valence-corrected chi connectivity index (χ3v) is 3.99. The fourth-order valence-corrected chi connectivity index (χ4v) is 2.46. The normalized spacial score (nSPS) is 11.5. The van der Waals surface area contributed by atoms with Gasteiger partial charge in [0, 0.05) is 13.1 Å². The Kier molecular flexibility index (Phi) is 6.16. The number of likely N-dealkylation sites (N-methyl/N-ethyl adjacent to an activating group) is 1. The van der Waals surface area contributed by atoms with Crippen molar-refractivity contribution in [3.05, 3.63) is 71.3 Å². The van der Waals surface area contributed by atoms with E-state index in [0.717, 1.165) is 6.54 Å². The van der Waals surface area contributed by atoms with Gasteiger partial charge in [0.2, 0.25) is 0 Å². The van der Waals surface area contributed by atoms with Gasteiger partial charge >= 0.3 is 5.97 Å². The van der Waals surface area contributed by atoms with Gasteiger partial charge in [-0.25, -0.2) is 4.79 Å². The summed E-state index contributed by atoms with van der Waals surface area (Å²) in [6.07, 6.45) is 0. The predicted octanol–water partition coefficient (Wildman–Crippen LogP) is 4.27. The molecule has 0 fully saturated rings. The summed E-state index contributed by atoms with van der Waals surface area (Å²) in [5.41, 5.74) is 3.15. The number of nitrogens with zero attached hydrogens (tertiary/aromatic N) is 1. The fourth-order valence-electron chi connectivity index (χ4n) is 2.46. The summed E-state index contributed by atoms with van der Waals surface area (Å²) in [4.78, 5) is 14.2. The van der Waals surface area contributed by atoms with E-state index in [0.29, 0.717) is 18.7 Å². The molecule has 0 unspecified atom stereocenters. The molecule has 2 rings (SSSR count). The summed E-state index contributed by atoms with van der Waals surface area (Å²) in [5.74, 6) is -0.261. The van der Waals surface area contributed by atoms with Gasteiger partial charge in [0.25, 0.3) is 0 Å². The maximum atomic E-state index is 12.1. The molecule has 3 nitrogen and oxygen atoms in total. The highest BCUT2D eigenvalue weighted by molar-refractivity contribution is 5.89. The third kappa shape index (κ3) is 5.50. The van der Waals surface area contributed by atoms with Crippen molar-refractivity contribution >= 4 is 5.97 Å². The first-order chi connectivity index (χ1) is 11.4. The number of hydrogen-bond donors (Lipinski definition) is 0. The summed E-state index contributed by atoms with van der Waals surface area (Å²) in [7, 11) is 2.03. The van der Waals surface area contributed by atoms with Gasteiger partial charge in [0.05, 0.1) is 5.56 Å². The van der Waals surface area contributed by atoms with Crippen LogP contribution in [0.4, 0.5) is 0 Å². The maximum Gasteiger partial charge on any atom is 0.338 e. The number of carbonyl (C=O) groups is 1. The quantitative estimate of drug-likeness (QED) is 0.743. The van der Waals surface area contributed by atoms with E-state index < -0.39 is 0 Å². The first kappa shape index (κ1) is 18.2. The molecule has 24 heavy (non-hydrogen) atoms. The molecule has 0 saturated carbocycles. The largest absolute Gasteiger partial charge is 0.461 e. The first-order valence-electron chi connectivity index (χ1n) is 8.36. The number of esters is 1. The van der Waals surface area contributed by atoms with Crippen LogP contribution < -0.4 is 0 Å². The van der Waals surface area contributed by atoms with Gasteiger partial charge in [-0.1, -0.05) is 63.2 Å². The van der Waals surface area contributed by atoms with Crippen LogP contribution in [-0.2, 0) is 16.7 Å². The van der Waals surface area contributed by atoms with Crippen molar-refractivity contribution in [2.75, 3.05) is 20.2 Å². The Bertz CT molecular complexity index is 642. The molecule has 0 aliphatic rings. The van der Waals surface area contributed by atoms with Crippen LogP contribution in [0.5, 0.6) is 0 Å². The summed E-state index contributed by atoms with van der Waals surface area (Å²) < 4.78 is 5.38. The topological polar surface area (TPSA) is 29.5 Å². The second-order valence-electron chi connectivity index (χ2n) is 7.19. The summed E-state index contributed by atoms with van der Waals surface area (Å²) >= 11 is 0. The molecule has 3 heteroatoms. The zero-order chi connectivity index (χ0) is 17.6. The van der Waals surface area contributed by atoms with Crippen molar-refractivity contribution < 1.29 is 9.53 Å². The molecule has 0 atom stereocenters. The van der Waals surface area contributed by atoms with E-state index in [-0.39, 0.29) is 11.4 Å². The molecule has 0 spiro atoms. The zero-order valence-corrected chi connectivity index (χ0v) is 15.1. The van der Waals surface area contributed by atoms with E-state index in [9.17, 15) is 4.79 Å². The van der Waals surface area contributed by atoms with Gasteiger partial charge in [-0.15, -0.1) is 0 Å². The Morgan fingerprint density at radius 2 is 1.62 bits per heavy atom. The maximum absolute atomic E-state index is 12.1. The number of rotatable bonds is 6. The van der Waals surface area contributed by atoms with E-state index in [4.69, 9.17) is 4.74 Å². The van der Waals surface area contributed by atoms with Crippen LogP contribution in [0.3, 0.4) is 0 Å². The number of hydrogen-bond acceptors (Lipinski definition) is 3. The van der Waals surface area contributed by atoms with E-state index >= 15 is 0 Å². The van der Waals surface area contributed by atoms with Gasteiger partial charge in [0.1, 0.15) is 6.61 Å². The van der Waals surface area contributed by atoms with Crippen molar-refractivity contribution in [3.8, 4) is 0 Å². The lowest BCUT2D eigenvalue weighted by Crippen LogP contribution is -2.24. The molecule has 2 aromatic carbocycles. The summed E-state index contributed by atoms with van der Waals surface area (Å²) in [5, 5.41) is 0. The zero-order valence-electron chi connectivity index (χ0n) is 15.1. The second-order valence-corrected chi connectivity index (χ2v) is 7.19. The van der Waals surface area contributed by atoms with E-state index in [1.54, 1.807) is 0 Å². The number of ether oxygens (including phenoxy) is 1. The first-order valence-corrected chi connectivity index (χ1v) is 8.36. The highest BCUT2D eigenvalue weighted by atomic mass is 16.5. The molecule has 0 aromatic heterocycles. The Morgan fingerprint density at radius 3 is 2.21 bits per heavy atom. The Labute approximate surface area is 145 Å². The summed E-state index contributed by atoms with van der Waals surface area (Å²) in [6, 6.07) is 18.0. The van der Waals surface area contributed by atoms with Crippen LogP contribution in [0.2, 0.25) is 0 Å². The summed E-state index contributed by atoms with van der Waals surface area (Å²) in [6.45, 7) is 8.41. The standard InChI is InChI=1S/C21H27NO2/c1-21(2,3)19-12-10-18(11-13-19)20(23)24-15-14-22(4)16-17-8-6-5-7-9-17/h5-13H,14-16H2,1-4H3. The molecule has 0 N–H and O–H groups in total. The Balaban J connectivity index is 1.78. The lowest BCUT2D eigenvalue weighted by Gasteiger charge is -2.19. The Morgan fingerprint density at radius 1 is 1.00 bits per heavy atom. The van der Waals surface area contributed by atoms with Gasteiger partial charge in [-0.05, 0) is 35.7 Å². The Hall–Kier alpha value is -2.13. The van der Waals surface area contributed by atoms with Crippen molar-refractivity contribution in [2.24, 2.45) is 0 Å². The minimum Gasteiger partial charge on any atom is -0.461 e. The monoisotopic (exact) mass is 325 g/mol. The molecular formula is C21H27NO2. The molecule has 0 aliphatic heterocycles. The molecule has 0 amide bonds. The number of carbonyl (C=O) groups excluding carboxylic acids is 1.